The summed E-state index contributed by atoms with van der Waals surface area (Å²) >= 11 is 0. The van der Waals surface area contributed by atoms with Crippen molar-refractivity contribution in [1.82, 2.24) is 20.7 Å². The van der Waals surface area contributed by atoms with Gasteiger partial charge >= 0.3 is 6.03 Å². The Hall–Kier alpha value is -1.56. The zero-order valence-corrected chi connectivity index (χ0v) is 10.8. The maximum Gasteiger partial charge on any atom is 0.316 e. The van der Waals surface area contributed by atoms with E-state index in [2.05, 4.69) is 15.8 Å². The Labute approximate surface area is 101 Å². The van der Waals surface area contributed by atoms with E-state index in [0.29, 0.717) is 19.6 Å². The van der Waals surface area contributed by atoms with Gasteiger partial charge in [-0.3, -0.25) is 0 Å². The molecule has 1 aromatic heterocycles. The lowest BCUT2D eigenvalue weighted by molar-refractivity contribution is 0.217. The average molecular weight is 240 g/mol. The Bertz CT molecular complexity index is 354. The van der Waals surface area contributed by atoms with Crippen LogP contribution in [0.5, 0.6) is 0 Å². The molecule has 6 nitrogen and oxygen atoms in total. The van der Waals surface area contributed by atoms with Gasteiger partial charge in [0.15, 0.2) is 0 Å². The first kappa shape index (κ1) is 13.5. The number of nitrogens with zero attached hydrogens (tertiary/aromatic N) is 2. The maximum atomic E-state index is 11.2. The first-order valence-corrected chi connectivity index (χ1v) is 5.60. The maximum absolute atomic E-state index is 11.2. The highest BCUT2D eigenvalue weighted by molar-refractivity contribution is 5.73. The number of amides is 2. The molecular weight excluding hydrogens is 220 g/mol. The summed E-state index contributed by atoms with van der Waals surface area (Å²) < 4.78 is 5.06. The molecule has 0 radical (unpaired) electrons. The molecule has 1 aromatic rings. The predicted molar refractivity (Wildman–Crippen MR) is 64.8 cm³/mol. The summed E-state index contributed by atoms with van der Waals surface area (Å²) in [7, 11) is 3.43. The lowest BCUT2D eigenvalue weighted by atomic mass is 10.2. The molecule has 0 fully saturated rings. The zero-order chi connectivity index (χ0) is 12.8. The molecular formula is C11H20N4O2. The lowest BCUT2D eigenvalue weighted by Crippen LogP contribution is -2.38. The molecule has 6 heteroatoms. The van der Waals surface area contributed by atoms with E-state index in [0.717, 1.165) is 17.0 Å². The van der Waals surface area contributed by atoms with Gasteiger partial charge in [0.25, 0.3) is 0 Å². The number of carbonyl (C=O) groups is 1. The molecule has 0 spiro atoms. The minimum absolute atomic E-state index is 0.0795. The van der Waals surface area contributed by atoms with Gasteiger partial charge < -0.3 is 20.1 Å². The molecule has 0 aliphatic carbocycles. The summed E-state index contributed by atoms with van der Waals surface area (Å²) in [6.45, 7) is 5.83. The SMILES string of the molecule is Cc1noc(C)c1CNCCNC(=O)N(C)C. The third-order valence-corrected chi connectivity index (χ3v) is 2.47. The van der Waals surface area contributed by atoms with Crippen LogP contribution in [0.4, 0.5) is 4.79 Å². The minimum atomic E-state index is -0.0795. The van der Waals surface area contributed by atoms with Crippen molar-refractivity contribution >= 4 is 6.03 Å². The van der Waals surface area contributed by atoms with Crippen LogP contribution >= 0.6 is 0 Å². The van der Waals surface area contributed by atoms with Crippen LogP contribution in [0.2, 0.25) is 0 Å². The summed E-state index contributed by atoms with van der Waals surface area (Å²) in [4.78, 5) is 12.7. The third-order valence-electron chi connectivity index (χ3n) is 2.47. The average Bonchev–Trinajstić information content (AvgIpc) is 2.59. The molecule has 0 atom stereocenters. The van der Waals surface area contributed by atoms with E-state index in [4.69, 9.17) is 4.52 Å². The van der Waals surface area contributed by atoms with Crippen molar-refractivity contribution < 1.29 is 9.32 Å². The van der Waals surface area contributed by atoms with Crippen LogP contribution in [0.1, 0.15) is 17.0 Å². The van der Waals surface area contributed by atoms with Crippen LogP contribution in [-0.2, 0) is 6.54 Å². The fourth-order valence-electron chi connectivity index (χ4n) is 1.38. The standard InChI is InChI=1S/C11H20N4O2/c1-8-10(9(2)17-14-8)7-12-5-6-13-11(16)15(3)4/h12H,5-7H2,1-4H3,(H,13,16). The first-order chi connectivity index (χ1) is 8.02. The zero-order valence-electron chi connectivity index (χ0n) is 10.8. The summed E-state index contributed by atoms with van der Waals surface area (Å²) in [5, 5.41) is 9.88. The molecule has 0 aromatic carbocycles. The molecule has 1 heterocycles. The van der Waals surface area contributed by atoms with Crippen molar-refractivity contribution in [3.8, 4) is 0 Å². The first-order valence-electron chi connectivity index (χ1n) is 5.60. The molecule has 0 bridgehead atoms. The predicted octanol–water partition coefficient (Wildman–Crippen LogP) is 0.652. The number of aryl methyl sites for hydroxylation is 2. The fraction of sp³-hybridized carbons (Fsp3) is 0.636. The number of carbonyl (C=O) groups excluding carboxylic acids is 1. The van der Waals surface area contributed by atoms with Gasteiger partial charge in [-0.2, -0.15) is 0 Å². The van der Waals surface area contributed by atoms with E-state index < -0.39 is 0 Å². The van der Waals surface area contributed by atoms with E-state index >= 15 is 0 Å². The second-order valence-corrected chi connectivity index (χ2v) is 4.11. The number of rotatable bonds is 5. The fourth-order valence-corrected chi connectivity index (χ4v) is 1.38. The summed E-state index contributed by atoms with van der Waals surface area (Å²) in [5.74, 6) is 0.840. The van der Waals surface area contributed by atoms with Crippen LogP contribution in [-0.4, -0.2) is 43.3 Å². The Kier molecular flexibility index (Phi) is 4.96. The van der Waals surface area contributed by atoms with Gasteiger partial charge in [0.2, 0.25) is 0 Å². The molecule has 96 valence electrons. The van der Waals surface area contributed by atoms with Crippen molar-refractivity contribution in [1.29, 1.82) is 0 Å². The highest BCUT2D eigenvalue weighted by Gasteiger charge is 2.07. The van der Waals surface area contributed by atoms with Gasteiger partial charge in [-0.05, 0) is 13.8 Å². The quantitative estimate of drug-likeness (QED) is 0.741. The van der Waals surface area contributed by atoms with Gasteiger partial charge in [0.1, 0.15) is 5.76 Å². The Balaban J connectivity index is 2.19. The van der Waals surface area contributed by atoms with E-state index in [1.807, 2.05) is 13.8 Å². The second kappa shape index (κ2) is 6.24. The van der Waals surface area contributed by atoms with Crippen LogP contribution in [0.25, 0.3) is 0 Å². The van der Waals surface area contributed by atoms with Crippen molar-refractivity contribution in [2.24, 2.45) is 0 Å². The molecule has 2 amide bonds. The van der Waals surface area contributed by atoms with E-state index in [1.165, 1.54) is 4.90 Å². The molecule has 0 aliphatic rings. The van der Waals surface area contributed by atoms with Crippen LogP contribution in [0.3, 0.4) is 0 Å². The highest BCUT2D eigenvalue weighted by atomic mass is 16.5. The van der Waals surface area contributed by atoms with Crippen LogP contribution in [0, 0.1) is 13.8 Å². The lowest BCUT2D eigenvalue weighted by Gasteiger charge is -2.12. The molecule has 17 heavy (non-hydrogen) atoms. The minimum Gasteiger partial charge on any atom is -0.361 e. The number of hydrogen-bond donors (Lipinski definition) is 2. The summed E-state index contributed by atoms with van der Waals surface area (Å²) in [5.41, 5.74) is 2.00. The van der Waals surface area contributed by atoms with Gasteiger partial charge in [0, 0.05) is 39.3 Å². The summed E-state index contributed by atoms with van der Waals surface area (Å²) in [6, 6.07) is -0.0795. The van der Waals surface area contributed by atoms with Crippen LogP contribution in [0.15, 0.2) is 4.52 Å². The smallest absolute Gasteiger partial charge is 0.316 e. The largest absolute Gasteiger partial charge is 0.361 e. The molecule has 1 rings (SSSR count). The number of nitrogens with one attached hydrogen (secondary N) is 2. The topological polar surface area (TPSA) is 70.4 Å². The third kappa shape index (κ3) is 4.07. The van der Waals surface area contributed by atoms with Crippen molar-refractivity contribution in [2.45, 2.75) is 20.4 Å². The number of aromatic nitrogens is 1. The Morgan fingerprint density at radius 1 is 1.35 bits per heavy atom. The van der Waals surface area contributed by atoms with Gasteiger partial charge in [-0.15, -0.1) is 0 Å². The Morgan fingerprint density at radius 3 is 2.59 bits per heavy atom. The second-order valence-electron chi connectivity index (χ2n) is 4.11. The Morgan fingerprint density at radius 2 is 2.06 bits per heavy atom. The van der Waals surface area contributed by atoms with Crippen molar-refractivity contribution in [3.63, 3.8) is 0 Å². The summed E-state index contributed by atoms with van der Waals surface area (Å²) in [6.07, 6.45) is 0. The molecule has 0 saturated heterocycles. The van der Waals surface area contributed by atoms with Gasteiger partial charge in [-0.1, -0.05) is 5.16 Å². The normalized spacial score (nSPS) is 10.4. The number of urea groups is 1. The molecule has 0 aliphatic heterocycles. The van der Waals surface area contributed by atoms with E-state index in [1.54, 1.807) is 14.1 Å². The monoisotopic (exact) mass is 240 g/mol. The number of hydrogen-bond acceptors (Lipinski definition) is 4. The van der Waals surface area contributed by atoms with Crippen molar-refractivity contribution in [2.75, 3.05) is 27.2 Å². The molecule has 0 saturated carbocycles. The van der Waals surface area contributed by atoms with Crippen molar-refractivity contribution in [3.05, 3.63) is 17.0 Å². The van der Waals surface area contributed by atoms with Gasteiger partial charge in [0.05, 0.1) is 5.69 Å². The molecule has 0 unspecified atom stereocenters. The van der Waals surface area contributed by atoms with Crippen LogP contribution < -0.4 is 10.6 Å². The van der Waals surface area contributed by atoms with E-state index in [-0.39, 0.29) is 6.03 Å². The molecule has 2 N–H and O–H groups in total. The van der Waals surface area contributed by atoms with Gasteiger partial charge in [-0.25, -0.2) is 4.79 Å². The highest BCUT2D eigenvalue weighted by Crippen LogP contribution is 2.10. The van der Waals surface area contributed by atoms with E-state index in [9.17, 15) is 4.79 Å².